The second kappa shape index (κ2) is 7.33. The molecule has 0 unspecified atom stereocenters. The van der Waals surface area contributed by atoms with Gasteiger partial charge in [0, 0.05) is 23.3 Å². The maximum atomic E-state index is 5.55. The van der Waals surface area contributed by atoms with Gasteiger partial charge in [0.15, 0.2) is 5.76 Å². The number of benzene rings is 1. The van der Waals surface area contributed by atoms with Gasteiger partial charge in [-0.15, -0.1) is 11.3 Å². The third-order valence-corrected chi connectivity index (χ3v) is 4.54. The summed E-state index contributed by atoms with van der Waals surface area (Å²) in [6.45, 7) is 2.06. The Hall–Kier alpha value is -3.25. The summed E-state index contributed by atoms with van der Waals surface area (Å²) >= 11 is 1.52. The van der Waals surface area contributed by atoms with Crippen molar-refractivity contribution in [3.63, 3.8) is 0 Å². The van der Waals surface area contributed by atoms with Crippen LogP contribution < -0.4 is 4.80 Å². The van der Waals surface area contributed by atoms with Crippen molar-refractivity contribution in [3.8, 4) is 11.5 Å². The Morgan fingerprint density at radius 1 is 1.12 bits per heavy atom. The highest BCUT2D eigenvalue weighted by molar-refractivity contribution is 7.07. The van der Waals surface area contributed by atoms with Gasteiger partial charge in [-0.05, 0) is 37.3 Å². The molecular weight excluding hydrogens is 344 g/mol. The number of hydrogen-bond donors (Lipinski definition) is 0. The van der Waals surface area contributed by atoms with E-state index in [-0.39, 0.29) is 0 Å². The predicted molar refractivity (Wildman–Crippen MR) is 104 cm³/mol. The van der Waals surface area contributed by atoms with E-state index in [4.69, 9.17) is 9.41 Å². The molecule has 3 aromatic heterocycles. The second-order valence-corrected chi connectivity index (χ2v) is 6.51. The zero-order chi connectivity index (χ0) is 17.8. The van der Waals surface area contributed by atoms with E-state index < -0.39 is 0 Å². The van der Waals surface area contributed by atoms with Gasteiger partial charge in [0.25, 0.3) is 0 Å². The molecular formula is C20H16N4OS. The van der Waals surface area contributed by atoms with Crippen LogP contribution >= 0.6 is 11.3 Å². The van der Waals surface area contributed by atoms with Gasteiger partial charge >= 0.3 is 0 Å². The average molecular weight is 360 g/mol. The summed E-state index contributed by atoms with van der Waals surface area (Å²) in [5, 5.41) is 6.61. The van der Waals surface area contributed by atoms with Gasteiger partial charge in [-0.25, -0.2) is 9.67 Å². The normalized spacial score (nSPS) is 12.1. The Bertz CT molecular complexity index is 1080. The lowest BCUT2D eigenvalue weighted by Crippen LogP contribution is -2.11. The molecule has 0 aliphatic carbocycles. The number of nitrogens with zero attached hydrogens (tertiary/aromatic N) is 4. The van der Waals surface area contributed by atoms with Crippen LogP contribution in [0.25, 0.3) is 11.5 Å². The molecule has 0 bridgehead atoms. The molecule has 0 saturated carbocycles. The third kappa shape index (κ3) is 3.55. The first-order chi connectivity index (χ1) is 12.8. The van der Waals surface area contributed by atoms with Crippen molar-refractivity contribution in [3.05, 3.63) is 88.5 Å². The van der Waals surface area contributed by atoms with E-state index in [1.54, 1.807) is 29.5 Å². The van der Waals surface area contributed by atoms with Gasteiger partial charge in [0.05, 0.1) is 18.2 Å². The van der Waals surface area contributed by atoms with Crippen LogP contribution in [-0.2, 0) is 0 Å². The van der Waals surface area contributed by atoms with Gasteiger partial charge < -0.3 is 4.42 Å². The number of rotatable bonds is 4. The Balaban J connectivity index is 1.82. The summed E-state index contributed by atoms with van der Waals surface area (Å²) in [6, 6.07) is 15.7. The molecule has 0 N–H and O–H groups in total. The van der Waals surface area contributed by atoms with E-state index in [0.29, 0.717) is 0 Å². The van der Waals surface area contributed by atoms with Crippen LogP contribution in [-0.4, -0.2) is 15.9 Å². The van der Waals surface area contributed by atoms with E-state index in [1.807, 2.05) is 53.9 Å². The molecule has 4 rings (SSSR count). The molecule has 4 aromatic rings. The molecule has 0 radical (unpaired) electrons. The maximum absolute atomic E-state index is 5.55. The highest BCUT2D eigenvalue weighted by Gasteiger charge is 2.09. The van der Waals surface area contributed by atoms with Gasteiger partial charge in [0.2, 0.25) is 4.80 Å². The Labute approximate surface area is 154 Å². The van der Waals surface area contributed by atoms with E-state index in [2.05, 4.69) is 17.0 Å². The van der Waals surface area contributed by atoms with E-state index in [9.17, 15) is 0 Å². The van der Waals surface area contributed by atoms with Crippen molar-refractivity contribution >= 4 is 23.2 Å². The van der Waals surface area contributed by atoms with Crippen LogP contribution in [0.4, 0.5) is 5.69 Å². The topological polar surface area (TPSA) is 55.7 Å². The fourth-order valence-electron chi connectivity index (χ4n) is 2.39. The quantitative estimate of drug-likeness (QED) is 0.498. The summed E-state index contributed by atoms with van der Waals surface area (Å²) in [7, 11) is 0. The number of aromatic nitrogens is 2. The number of thiazole rings is 1. The fraction of sp³-hybridized carbons (Fsp3) is 0.0500. The molecule has 5 nitrogen and oxygen atoms in total. The minimum atomic E-state index is 0.745. The predicted octanol–water partition coefficient (Wildman–Crippen LogP) is 4.63. The lowest BCUT2D eigenvalue weighted by atomic mass is 10.2. The molecule has 26 heavy (non-hydrogen) atoms. The molecule has 128 valence electrons. The standard InChI is InChI=1S/C20H16N4OS/c1-15-6-8-17(9-7-15)23-20-24(22-13-16-4-2-10-21-12-16)18(14-26-20)19-5-3-11-25-19/h2-14H,1H3. The van der Waals surface area contributed by atoms with Crippen molar-refractivity contribution in [2.75, 3.05) is 0 Å². The number of furan rings is 1. The molecule has 0 atom stereocenters. The van der Waals surface area contributed by atoms with Crippen LogP contribution in [0.5, 0.6) is 0 Å². The Morgan fingerprint density at radius 3 is 2.73 bits per heavy atom. The van der Waals surface area contributed by atoms with Crippen molar-refractivity contribution in [2.45, 2.75) is 6.92 Å². The average Bonchev–Trinajstić information content (AvgIpc) is 3.32. The van der Waals surface area contributed by atoms with Gasteiger partial charge in [-0.3, -0.25) is 4.98 Å². The van der Waals surface area contributed by atoms with Crippen molar-refractivity contribution in [2.24, 2.45) is 10.1 Å². The van der Waals surface area contributed by atoms with Gasteiger partial charge in [-0.1, -0.05) is 23.8 Å². The van der Waals surface area contributed by atoms with Crippen molar-refractivity contribution < 1.29 is 4.42 Å². The van der Waals surface area contributed by atoms with E-state index in [0.717, 1.165) is 27.5 Å². The lowest BCUT2D eigenvalue weighted by molar-refractivity contribution is 0.575. The maximum Gasteiger partial charge on any atom is 0.211 e. The molecule has 0 amide bonds. The zero-order valence-corrected chi connectivity index (χ0v) is 14.9. The monoisotopic (exact) mass is 360 g/mol. The molecule has 0 spiro atoms. The van der Waals surface area contributed by atoms with Crippen LogP contribution in [0.1, 0.15) is 11.1 Å². The van der Waals surface area contributed by atoms with Crippen molar-refractivity contribution in [1.82, 2.24) is 9.66 Å². The fourth-order valence-corrected chi connectivity index (χ4v) is 3.23. The number of aryl methyl sites for hydroxylation is 1. The highest BCUT2D eigenvalue weighted by atomic mass is 32.1. The second-order valence-electron chi connectivity index (χ2n) is 5.67. The first kappa shape index (κ1) is 16.2. The first-order valence-corrected chi connectivity index (χ1v) is 8.98. The number of hydrogen-bond acceptors (Lipinski definition) is 5. The molecule has 3 heterocycles. The first-order valence-electron chi connectivity index (χ1n) is 8.10. The summed E-state index contributed by atoms with van der Waals surface area (Å²) in [4.78, 5) is 9.62. The van der Waals surface area contributed by atoms with Crippen molar-refractivity contribution in [1.29, 1.82) is 0 Å². The molecule has 0 aliphatic heterocycles. The van der Waals surface area contributed by atoms with E-state index in [1.165, 1.54) is 16.9 Å². The summed E-state index contributed by atoms with van der Waals surface area (Å²) in [5.74, 6) is 0.745. The van der Waals surface area contributed by atoms with Gasteiger partial charge in [0.1, 0.15) is 5.69 Å². The Morgan fingerprint density at radius 2 is 2.00 bits per heavy atom. The van der Waals surface area contributed by atoms with Crippen LogP contribution in [0.3, 0.4) is 0 Å². The summed E-state index contributed by atoms with van der Waals surface area (Å²) in [6.07, 6.45) is 6.92. The molecule has 0 saturated heterocycles. The SMILES string of the molecule is Cc1ccc(N=c2scc(-c3ccco3)n2N=Cc2cccnc2)cc1. The molecule has 6 heteroatoms. The van der Waals surface area contributed by atoms with Crippen LogP contribution in [0, 0.1) is 6.92 Å². The molecule has 1 aromatic carbocycles. The third-order valence-electron chi connectivity index (χ3n) is 3.72. The lowest BCUT2D eigenvalue weighted by Gasteiger charge is -2.01. The Kier molecular flexibility index (Phi) is 4.57. The summed E-state index contributed by atoms with van der Waals surface area (Å²) < 4.78 is 7.34. The van der Waals surface area contributed by atoms with Crippen LogP contribution in [0.15, 0.2) is 87.1 Å². The van der Waals surface area contributed by atoms with E-state index >= 15 is 0 Å². The largest absolute Gasteiger partial charge is 0.463 e. The number of pyridine rings is 1. The summed E-state index contributed by atoms with van der Waals surface area (Å²) in [5.41, 5.74) is 3.85. The van der Waals surface area contributed by atoms with Gasteiger partial charge in [-0.2, -0.15) is 5.10 Å². The zero-order valence-electron chi connectivity index (χ0n) is 14.1. The molecule has 0 aliphatic rings. The minimum Gasteiger partial charge on any atom is -0.463 e. The van der Waals surface area contributed by atoms with Crippen LogP contribution in [0.2, 0.25) is 0 Å². The molecule has 0 fully saturated rings. The highest BCUT2D eigenvalue weighted by Crippen LogP contribution is 2.21. The minimum absolute atomic E-state index is 0.745. The smallest absolute Gasteiger partial charge is 0.211 e.